The predicted octanol–water partition coefficient (Wildman–Crippen LogP) is 6.51. The van der Waals surface area contributed by atoms with Gasteiger partial charge in [-0.05, 0) is 70.5 Å². The van der Waals surface area contributed by atoms with Crippen LogP contribution in [0.2, 0.25) is 0 Å². The number of hydrogen-bond donors (Lipinski definition) is 2. The van der Waals surface area contributed by atoms with Crippen molar-refractivity contribution in [3.8, 4) is 16.9 Å². The van der Waals surface area contributed by atoms with E-state index in [1.54, 1.807) is 38.7 Å². The summed E-state index contributed by atoms with van der Waals surface area (Å²) in [6.07, 6.45) is 3.24. The van der Waals surface area contributed by atoms with Gasteiger partial charge in [0, 0.05) is 24.3 Å². The van der Waals surface area contributed by atoms with Crippen LogP contribution in [0.15, 0.2) is 65.7 Å². The Hall–Kier alpha value is -4.13. The van der Waals surface area contributed by atoms with Crippen LogP contribution in [0.1, 0.15) is 50.7 Å². The molecule has 0 atom stereocenters. The summed E-state index contributed by atoms with van der Waals surface area (Å²) in [6.45, 7) is 8.43. The molecule has 4 rings (SSSR count). The number of nitrogens with zero attached hydrogens (tertiary/aromatic N) is 2. The fourth-order valence-corrected chi connectivity index (χ4v) is 4.30. The van der Waals surface area contributed by atoms with E-state index in [0.717, 1.165) is 39.1 Å². The minimum atomic E-state index is -0.383. The van der Waals surface area contributed by atoms with E-state index in [2.05, 4.69) is 61.2 Å². The Morgan fingerprint density at radius 1 is 1.00 bits per heavy atom. The van der Waals surface area contributed by atoms with Crippen molar-refractivity contribution in [1.29, 1.82) is 0 Å². The number of rotatable bonds is 6. The topological polar surface area (TPSA) is 87.3 Å². The average Bonchev–Trinajstić information content (AvgIpc) is 2.87. The van der Waals surface area contributed by atoms with Crippen molar-refractivity contribution in [2.45, 2.75) is 39.5 Å². The lowest BCUT2D eigenvalue weighted by Gasteiger charge is -2.25. The molecule has 2 N–H and O–H groups in total. The molecule has 0 radical (unpaired) electrons. The summed E-state index contributed by atoms with van der Waals surface area (Å²) in [4.78, 5) is 34.3. The summed E-state index contributed by atoms with van der Waals surface area (Å²) in [7, 11) is 3.26. The smallest absolute Gasteiger partial charge is 0.326 e. The molecular formula is C29H32N4O3. The molecule has 0 spiro atoms. The Labute approximate surface area is 211 Å². The monoisotopic (exact) mass is 484 g/mol. The maximum absolute atomic E-state index is 13.4. The van der Waals surface area contributed by atoms with E-state index in [1.165, 1.54) is 4.90 Å². The lowest BCUT2D eigenvalue weighted by atomic mass is 9.88. The van der Waals surface area contributed by atoms with Crippen molar-refractivity contribution in [2.75, 3.05) is 24.4 Å². The minimum Gasteiger partial charge on any atom is -0.497 e. The Morgan fingerprint density at radius 2 is 1.69 bits per heavy atom. The number of aromatic nitrogens is 2. The van der Waals surface area contributed by atoms with E-state index >= 15 is 0 Å². The summed E-state index contributed by atoms with van der Waals surface area (Å²) < 4.78 is 5.42. The number of nitrogens with one attached hydrogen (secondary N) is 2. The number of ether oxygens (including phenoxy) is 1. The highest BCUT2D eigenvalue weighted by Crippen LogP contribution is 2.38. The number of benzene rings is 2. The van der Waals surface area contributed by atoms with Crippen molar-refractivity contribution in [3.63, 3.8) is 0 Å². The van der Waals surface area contributed by atoms with Crippen LogP contribution >= 0.6 is 0 Å². The third-order valence-electron chi connectivity index (χ3n) is 6.37. The molecule has 2 aromatic carbocycles. The van der Waals surface area contributed by atoms with E-state index in [-0.39, 0.29) is 29.1 Å². The first-order valence-corrected chi connectivity index (χ1v) is 12.0. The van der Waals surface area contributed by atoms with Crippen molar-refractivity contribution < 1.29 is 9.53 Å². The zero-order valence-electron chi connectivity index (χ0n) is 21.5. The van der Waals surface area contributed by atoms with Crippen LogP contribution in [0.5, 0.6) is 5.75 Å². The number of anilines is 2. The van der Waals surface area contributed by atoms with Crippen LogP contribution in [-0.2, 0) is 0 Å². The molecule has 186 valence electrons. The van der Waals surface area contributed by atoms with Gasteiger partial charge in [-0.2, -0.15) is 0 Å². The van der Waals surface area contributed by atoms with E-state index < -0.39 is 0 Å². The quantitative estimate of drug-likeness (QED) is 0.326. The van der Waals surface area contributed by atoms with Crippen LogP contribution in [0, 0.1) is 0 Å². The molecule has 0 aliphatic heterocycles. The normalized spacial score (nSPS) is 11.2. The van der Waals surface area contributed by atoms with Crippen molar-refractivity contribution in [1.82, 2.24) is 9.97 Å². The summed E-state index contributed by atoms with van der Waals surface area (Å²) in [5, 5.41) is 3.91. The van der Waals surface area contributed by atoms with Gasteiger partial charge in [-0.1, -0.05) is 39.8 Å². The Bertz CT molecular complexity index is 1440. The number of hydrogen-bond acceptors (Lipinski definition) is 4. The van der Waals surface area contributed by atoms with Crippen molar-refractivity contribution in [3.05, 3.63) is 82.4 Å². The summed E-state index contributed by atoms with van der Waals surface area (Å²) >= 11 is 0. The number of methoxy groups -OCH3 is 1. The lowest BCUT2D eigenvalue weighted by molar-refractivity contribution is 0.258. The molecule has 0 bridgehead atoms. The maximum atomic E-state index is 13.4. The molecule has 0 aliphatic rings. The molecule has 0 aliphatic carbocycles. The van der Waals surface area contributed by atoms with Gasteiger partial charge < -0.3 is 15.0 Å². The van der Waals surface area contributed by atoms with Crippen LogP contribution < -0.4 is 20.5 Å². The zero-order valence-corrected chi connectivity index (χ0v) is 21.5. The second-order valence-electron chi connectivity index (χ2n) is 9.51. The number of aromatic amines is 1. The fraction of sp³-hybridized carbons (Fsp3) is 0.276. The second-order valence-corrected chi connectivity index (χ2v) is 9.51. The number of amides is 2. The first kappa shape index (κ1) is 25.0. The SMILES string of the molecule is COc1cccc(-c2cc(C(C)C)c(NC(=O)N(C)c3cc4ccncc4[nH]c3=O)c(C(C)C)c2)c1. The summed E-state index contributed by atoms with van der Waals surface area (Å²) in [5.74, 6) is 1.11. The molecule has 7 nitrogen and oxygen atoms in total. The van der Waals surface area contributed by atoms with Crippen LogP contribution in [0.25, 0.3) is 22.0 Å². The average molecular weight is 485 g/mol. The Morgan fingerprint density at radius 3 is 2.33 bits per heavy atom. The van der Waals surface area contributed by atoms with Gasteiger partial charge in [0.1, 0.15) is 11.4 Å². The third kappa shape index (κ3) is 4.96. The largest absolute Gasteiger partial charge is 0.497 e. The highest BCUT2D eigenvalue weighted by Gasteiger charge is 2.22. The second kappa shape index (κ2) is 10.2. The Balaban J connectivity index is 1.75. The molecule has 36 heavy (non-hydrogen) atoms. The van der Waals surface area contributed by atoms with Gasteiger partial charge in [0.2, 0.25) is 0 Å². The van der Waals surface area contributed by atoms with E-state index in [1.807, 2.05) is 18.2 Å². The van der Waals surface area contributed by atoms with Crippen LogP contribution in [-0.4, -0.2) is 30.2 Å². The highest BCUT2D eigenvalue weighted by molar-refractivity contribution is 6.03. The van der Waals surface area contributed by atoms with Crippen molar-refractivity contribution in [2.24, 2.45) is 0 Å². The van der Waals surface area contributed by atoms with E-state index in [9.17, 15) is 9.59 Å². The molecule has 0 unspecified atom stereocenters. The summed E-state index contributed by atoms with van der Waals surface area (Å²) in [6, 6.07) is 15.3. The van der Waals surface area contributed by atoms with Gasteiger partial charge in [0.25, 0.3) is 5.56 Å². The number of urea groups is 1. The molecule has 0 saturated heterocycles. The molecule has 2 aromatic heterocycles. The van der Waals surface area contributed by atoms with Gasteiger partial charge in [-0.3, -0.25) is 14.7 Å². The number of carbonyl (C=O) groups is 1. The Kier molecular flexibility index (Phi) is 7.10. The molecule has 0 saturated carbocycles. The van der Waals surface area contributed by atoms with Gasteiger partial charge in [-0.15, -0.1) is 0 Å². The fourth-order valence-electron chi connectivity index (χ4n) is 4.30. The lowest BCUT2D eigenvalue weighted by Crippen LogP contribution is -2.35. The molecule has 2 amide bonds. The van der Waals surface area contributed by atoms with Crippen LogP contribution in [0.4, 0.5) is 16.2 Å². The first-order valence-electron chi connectivity index (χ1n) is 12.0. The zero-order chi connectivity index (χ0) is 26.0. The van der Waals surface area contributed by atoms with E-state index in [4.69, 9.17) is 4.74 Å². The van der Waals surface area contributed by atoms with Gasteiger partial charge in [-0.25, -0.2) is 4.79 Å². The van der Waals surface area contributed by atoms with Gasteiger partial charge in [0.05, 0.1) is 18.8 Å². The number of H-pyrrole nitrogens is 1. The number of carbonyl (C=O) groups excluding carboxylic acids is 1. The predicted molar refractivity (Wildman–Crippen MR) is 146 cm³/mol. The molecule has 2 heterocycles. The maximum Gasteiger partial charge on any atom is 0.326 e. The third-order valence-corrected chi connectivity index (χ3v) is 6.37. The minimum absolute atomic E-state index is 0.158. The van der Waals surface area contributed by atoms with E-state index in [0.29, 0.717) is 5.52 Å². The standard InChI is InChI=1S/C29H32N4O3/c1-17(2)23-13-21(19-8-7-9-22(12-19)36-6)14-24(18(3)4)27(23)32-29(35)33(5)26-15-20-10-11-30-16-25(20)31-28(26)34/h7-18H,1-6H3,(H,31,34)(H,32,35). The van der Waals surface area contributed by atoms with Gasteiger partial charge in [0.15, 0.2) is 0 Å². The number of pyridine rings is 2. The molecule has 4 aromatic rings. The van der Waals surface area contributed by atoms with Crippen LogP contribution in [0.3, 0.4) is 0 Å². The molecular weight excluding hydrogens is 452 g/mol. The summed E-state index contributed by atoms with van der Waals surface area (Å²) in [5.41, 5.74) is 5.48. The highest BCUT2D eigenvalue weighted by atomic mass is 16.5. The van der Waals surface area contributed by atoms with Crippen molar-refractivity contribution >= 4 is 28.3 Å². The van der Waals surface area contributed by atoms with Gasteiger partial charge >= 0.3 is 6.03 Å². The first-order chi connectivity index (χ1) is 17.2. The number of fused-ring (bicyclic) bond motifs is 1. The molecule has 0 fully saturated rings. The molecule has 7 heteroatoms.